The summed E-state index contributed by atoms with van der Waals surface area (Å²) in [6, 6.07) is 3.68. The van der Waals surface area contributed by atoms with Gasteiger partial charge in [-0.25, -0.2) is 0 Å². The fourth-order valence-corrected chi connectivity index (χ4v) is 2.16. The molecule has 0 spiro atoms. The molecule has 0 atom stereocenters. The maximum Gasteiger partial charge on any atom is 0.534 e. The summed E-state index contributed by atoms with van der Waals surface area (Å²) in [5.74, 6) is -0.0288. The number of nitrogens with zero attached hydrogens (tertiary/aromatic N) is 1. The molecule has 0 bridgehead atoms. The maximum atomic E-state index is 12.4. The minimum atomic E-state index is -5.78. The van der Waals surface area contributed by atoms with E-state index in [1.807, 2.05) is 0 Å². The van der Waals surface area contributed by atoms with Crippen LogP contribution < -0.4 is 13.7 Å². The first-order chi connectivity index (χ1) is 10.2. The van der Waals surface area contributed by atoms with Gasteiger partial charge in [0.05, 0.1) is 19.7 Å². The van der Waals surface area contributed by atoms with Crippen molar-refractivity contribution < 1.29 is 35.2 Å². The highest BCUT2D eigenvalue weighted by molar-refractivity contribution is 7.88. The molecule has 0 aliphatic carbocycles. The molecule has 0 saturated carbocycles. The van der Waals surface area contributed by atoms with Crippen LogP contribution >= 0.6 is 0 Å². The van der Waals surface area contributed by atoms with Gasteiger partial charge in [-0.1, -0.05) is 0 Å². The van der Waals surface area contributed by atoms with Crippen LogP contribution in [0.2, 0.25) is 0 Å². The highest BCUT2D eigenvalue weighted by atomic mass is 32.2. The molecule has 0 unspecified atom stereocenters. The fraction of sp³-hybridized carbons (Fsp3) is 0.250. The van der Waals surface area contributed by atoms with Gasteiger partial charge in [0.1, 0.15) is 0 Å². The van der Waals surface area contributed by atoms with E-state index in [1.54, 1.807) is 0 Å². The molecule has 1 aromatic heterocycles. The lowest BCUT2D eigenvalue weighted by Crippen LogP contribution is -2.28. The van der Waals surface area contributed by atoms with E-state index in [0.717, 1.165) is 12.3 Å². The topological polar surface area (TPSA) is 74.7 Å². The Labute approximate surface area is 123 Å². The third-order valence-corrected chi connectivity index (χ3v) is 3.66. The van der Waals surface area contributed by atoms with Gasteiger partial charge in [0.2, 0.25) is 0 Å². The van der Waals surface area contributed by atoms with Gasteiger partial charge >= 0.3 is 15.6 Å². The summed E-state index contributed by atoms with van der Waals surface area (Å²) in [4.78, 5) is 3.93. The summed E-state index contributed by atoms with van der Waals surface area (Å²) in [5.41, 5.74) is -5.34. The number of hydrogen-bond acceptors (Lipinski definition) is 6. The maximum absolute atomic E-state index is 12.4. The molecule has 22 heavy (non-hydrogen) atoms. The van der Waals surface area contributed by atoms with E-state index in [0.29, 0.717) is 5.75 Å². The van der Waals surface area contributed by atoms with Gasteiger partial charge in [0.25, 0.3) is 0 Å². The van der Waals surface area contributed by atoms with E-state index < -0.39 is 21.4 Å². The van der Waals surface area contributed by atoms with E-state index in [-0.39, 0.29) is 16.7 Å². The molecule has 0 N–H and O–H groups in total. The molecule has 0 aliphatic heterocycles. The number of pyridine rings is 1. The first kappa shape index (κ1) is 16.1. The predicted octanol–water partition coefficient (Wildman–Crippen LogP) is 2.48. The molecule has 0 radical (unpaired) electrons. The summed E-state index contributed by atoms with van der Waals surface area (Å²) in [7, 11) is -3.08. The molecule has 1 heterocycles. The van der Waals surface area contributed by atoms with E-state index in [4.69, 9.17) is 9.47 Å². The first-order valence-corrected chi connectivity index (χ1v) is 7.12. The van der Waals surface area contributed by atoms with Gasteiger partial charge in [-0.05, 0) is 6.07 Å². The molecule has 1 aromatic carbocycles. The van der Waals surface area contributed by atoms with Crippen molar-refractivity contribution in [3.63, 3.8) is 0 Å². The molecule has 0 saturated heterocycles. The lowest BCUT2D eigenvalue weighted by Gasteiger charge is -2.13. The van der Waals surface area contributed by atoms with Crippen LogP contribution in [0.3, 0.4) is 0 Å². The van der Waals surface area contributed by atoms with Crippen molar-refractivity contribution >= 4 is 21.0 Å². The van der Waals surface area contributed by atoms with Crippen LogP contribution in [0.15, 0.2) is 24.4 Å². The fourth-order valence-electron chi connectivity index (χ4n) is 1.69. The average Bonchev–Trinajstić information content (AvgIpc) is 2.44. The van der Waals surface area contributed by atoms with E-state index in [9.17, 15) is 21.6 Å². The molecule has 2 rings (SSSR count). The number of alkyl halides is 3. The van der Waals surface area contributed by atoms with Crippen molar-refractivity contribution in [1.82, 2.24) is 4.98 Å². The zero-order valence-electron chi connectivity index (χ0n) is 11.3. The van der Waals surface area contributed by atoms with Crippen molar-refractivity contribution in [1.29, 1.82) is 0 Å². The average molecular weight is 337 g/mol. The second kappa shape index (κ2) is 5.52. The Kier molecular flexibility index (Phi) is 4.05. The van der Waals surface area contributed by atoms with Gasteiger partial charge < -0.3 is 13.7 Å². The van der Waals surface area contributed by atoms with Gasteiger partial charge in [0.15, 0.2) is 17.2 Å². The molecule has 0 fully saturated rings. The van der Waals surface area contributed by atoms with E-state index in [2.05, 4.69) is 9.17 Å². The van der Waals surface area contributed by atoms with Crippen molar-refractivity contribution in [2.75, 3.05) is 14.2 Å². The molecule has 10 heteroatoms. The van der Waals surface area contributed by atoms with E-state index >= 15 is 0 Å². The van der Waals surface area contributed by atoms with Crippen LogP contribution in [0.5, 0.6) is 17.2 Å². The van der Waals surface area contributed by atoms with Crippen molar-refractivity contribution in [2.45, 2.75) is 5.51 Å². The van der Waals surface area contributed by atoms with Gasteiger partial charge in [-0.15, -0.1) is 0 Å². The second-order valence-corrected chi connectivity index (χ2v) is 5.55. The largest absolute Gasteiger partial charge is 0.534 e. The second-order valence-electron chi connectivity index (χ2n) is 4.02. The predicted molar refractivity (Wildman–Crippen MR) is 70.4 cm³/mol. The number of fused-ring (bicyclic) bond motifs is 1. The number of halogens is 3. The highest BCUT2D eigenvalue weighted by Gasteiger charge is 2.48. The third-order valence-electron chi connectivity index (χ3n) is 2.69. The quantitative estimate of drug-likeness (QED) is 0.630. The number of ether oxygens (including phenoxy) is 2. The molecule has 0 aliphatic rings. The number of rotatable bonds is 4. The molecular formula is C12H10F3NO5S. The summed E-state index contributed by atoms with van der Waals surface area (Å²) in [5, 5.41) is 0.0352. The number of aromatic nitrogens is 1. The zero-order valence-corrected chi connectivity index (χ0v) is 12.2. The summed E-state index contributed by atoms with van der Waals surface area (Å²) in [6.45, 7) is 0. The number of benzene rings is 1. The van der Waals surface area contributed by atoms with Gasteiger partial charge in [0, 0.05) is 23.7 Å². The van der Waals surface area contributed by atoms with Crippen LogP contribution in [-0.2, 0) is 10.1 Å². The smallest absolute Gasteiger partial charge is 0.493 e. The molecule has 2 aromatic rings. The summed E-state index contributed by atoms with van der Waals surface area (Å²) >= 11 is 0. The van der Waals surface area contributed by atoms with Crippen LogP contribution in [0.25, 0.3) is 10.9 Å². The Balaban J connectivity index is 2.61. The lowest BCUT2D eigenvalue weighted by atomic mass is 10.2. The standard InChI is InChI=1S/C12H10F3NO5S/c1-19-10-5-7-8(6-11(10)20-2)16-4-3-9(7)21-22(17,18)12(13,14)15/h3-6H,1-2H3. The summed E-state index contributed by atoms with van der Waals surface area (Å²) in [6.07, 6.45) is 1.12. The van der Waals surface area contributed by atoms with E-state index in [1.165, 1.54) is 26.4 Å². The SMILES string of the molecule is COc1cc2nccc(OS(=O)(=O)C(F)(F)F)c2cc1OC. The first-order valence-electron chi connectivity index (χ1n) is 5.71. The highest BCUT2D eigenvalue weighted by Crippen LogP contribution is 2.37. The monoisotopic (exact) mass is 337 g/mol. The minimum Gasteiger partial charge on any atom is -0.493 e. The third kappa shape index (κ3) is 2.86. The van der Waals surface area contributed by atoms with Crippen molar-refractivity contribution in [2.24, 2.45) is 0 Å². The number of hydrogen-bond donors (Lipinski definition) is 0. The lowest BCUT2D eigenvalue weighted by molar-refractivity contribution is -0.0499. The Bertz CT molecular complexity index is 804. The van der Waals surface area contributed by atoms with Gasteiger partial charge in [-0.2, -0.15) is 21.6 Å². The van der Waals surface area contributed by atoms with Crippen molar-refractivity contribution in [3.8, 4) is 17.2 Å². The number of methoxy groups -OCH3 is 2. The molecule has 120 valence electrons. The van der Waals surface area contributed by atoms with Gasteiger partial charge in [-0.3, -0.25) is 4.98 Å². The Morgan fingerprint density at radius 1 is 1.05 bits per heavy atom. The normalized spacial score (nSPS) is 12.2. The van der Waals surface area contributed by atoms with Crippen LogP contribution in [-0.4, -0.2) is 33.1 Å². The molecule has 6 nitrogen and oxygen atoms in total. The van der Waals surface area contributed by atoms with Crippen LogP contribution in [0, 0.1) is 0 Å². The van der Waals surface area contributed by atoms with Crippen molar-refractivity contribution in [3.05, 3.63) is 24.4 Å². The zero-order chi connectivity index (χ0) is 16.5. The minimum absolute atomic E-state index is 0.0352. The summed E-state index contributed by atoms with van der Waals surface area (Å²) < 4.78 is 73.7. The molecular weight excluding hydrogens is 327 g/mol. The Hall–Kier alpha value is -2.23. The molecule has 0 amide bonds. The van der Waals surface area contributed by atoms with Crippen LogP contribution in [0.1, 0.15) is 0 Å². The Morgan fingerprint density at radius 3 is 2.18 bits per heavy atom. The van der Waals surface area contributed by atoms with Crippen LogP contribution in [0.4, 0.5) is 13.2 Å². The Morgan fingerprint density at radius 2 is 1.64 bits per heavy atom.